The summed E-state index contributed by atoms with van der Waals surface area (Å²) in [6.07, 6.45) is 2.80. The minimum absolute atomic E-state index is 0.112. The number of hydrogen-bond donors (Lipinski definition) is 2. The zero-order valence-corrected chi connectivity index (χ0v) is 9.89. The van der Waals surface area contributed by atoms with Crippen LogP contribution in [0.4, 0.5) is 4.79 Å². The Morgan fingerprint density at radius 2 is 2.06 bits per heavy atom. The van der Waals surface area contributed by atoms with Gasteiger partial charge in [-0.1, -0.05) is 0 Å². The Labute approximate surface area is 101 Å². The number of aliphatic carboxylic acids is 1. The van der Waals surface area contributed by atoms with Gasteiger partial charge in [-0.3, -0.25) is 4.79 Å². The van der Waals surface area contributed by atoms with Gasteiger partial charge in [0.05, 0.1) is 0 Å². The Morgan fingerprint density at radius 1 is 1.29 bits per heavy atom. The second-order valence-corrected chi connectivity index (χ2v) is 4.63. The summed E-state index contributed by atoms with van der Waals surface area (Å²) in [5.74, 6) is -0.932. The lowest BCUT2D eigenvalue weighted by Gasteiger charge is -2.28. The minimum Gasteiger partial charge on any atom is -0.480 e. The molecule has 0 bridgehead atoms. The molecule has 2 amide bonds. The number of carbonyl (C=O) groups is 2. The van der Waals surface area contributed by atoms with Gasteiger partial charge >= 0.3 is 12.0 Å². The third-order valence-electron chi connectivity index (χ3n) is 3.15. The van der Waals surface area contributed by atoms with Gasteiger partial charge in [-0.05, 0) is 25.8 Å². The van der Waals surface area contributed by atoms with Crippen molar-refractivity contribution in [2.45, 2.75) is 25.3 Å². The van der Waals surface area contributed by atoms with Gasteiger partial charge in [0, 0.05) is 25.7 Å². The van der Waals surface area contributed by atoms with E-state index in [4.69, 9.17) is 5.11 Å². The van der Waals surface area contributed by atoms with E-state index < -0.39 is 5.97 Å². The van der Waals surface area contributed by atoms with Crippen molar-refractivity contribution in [1.29, 1.82) is 0 Å². The van der Waals surface area contributed by atoms with Gasteiger partial charge in [-0.25, -0.2) is 4.79 Å². The standard InChI is InChI=1S/C11H19N3O3/c15-10(16)8-14(9-2-3-9)11(17)13-6-1-4-12-5-7-13/h9,12H,1-8H2,(H,15,16). The summed E-state index contributed by atoms with van der Waals surface area (Å²) in [6, 6.07) is 0.0356. The number of rotatable bonds is 3. The lowest BCUT2D eigenvalue weighted by Crippen LogP contribution is -2.47. The summed E-state index contributed by atoms with van der Waals surface area (Å²) in [5, 5.41) is 12.1. The zero-order chi connectivity index (χ0) is 12.3. The smallest absolute Gasteiger partial charge is 0.323 e. The van der Waals surface area contributed by atoms with Crippen molar-refractivity contribution in [3.8, 4) is 0 Å². The Balaban J connectivity index is 1.96. The molecule has 6 nitrogen and oxygen atoms in total. The fraction of sp³-hybridized carbons (Fsp3) is 0.818. The second-order valence-electron chi connectivity index (χ2n) is 4.63. The van der Waals surface area contributed by atoms with E-state index in [9.17, 15) is 9.59 Å². The average molecular weight is 241 g/mol. The molecule has 96 valence electrons. The van der Waals surface area contributed by atoms with Gasteiger partial charge < -0.3 is 20.2 Å². The molecule has 2 rings (SSSR count). The molecule has 0 aromatic rings. The van der Waals surface area contributed by atoms with Crippen molar-refractivity contribution in [2.24, 2.45) is 0 Å². The summed E-state index contributed by atoms with van der Waals surface area (Å²) in [4.78, 5) is 26.3. The highest BCUT2D eigenvalue weighted by atomic mass is 16.4. The van der Waals surface area contributed by atoms with Crippen LogP contribution in [0.1, 0.15) is 19.3 Å². The molecule has 1 heterocycles. The molecule has 1 aliphatic carbocycles. The maximum Gasteiger partial charge on any atom is 0.323 e. The van der Waals surface area contributed by atoms with Crippen molar-refractivity contribution in [1.82, 2.24) is 15.1 Å². The maximum atomic E-state index is 12.2. The molecule has 1 saturated carbocycles. The van der Waals surface area contributed by atoms with E-state index in [1.165, 1.54) is 4.90 Å². The minimum atomic E-state index is -0.932. The normalized spacial score (nSPS) is 20.8. The number of nitrogens with zero attached hydrogens (tertiary/aromatic N) is 2. The third-order valence-corrected chi connectivity index (χ3v) is 3.15. The first-order valence-electron chi connectivity index (χ1n) is 6.16. The van der Waals surface area contributed by atoms with Crippen molar-refractivity contribution in [3.63, 3.8) is 0 Å². The SMILES string of the molecule is O=C(O)CN(C(=O)N1CCCNCC1)C1CC1. The number of carbonyl (C=O) groups excluding carboxylic acids is 1. The number of urea groups is 1. The second kappa shape index (κ2) is 5.35. The van der Waals surface area contributed by atoms with Gasteiger partial charge in [-0.15, -0.1) is 0 Å². The molecule has 0 aromatic carbocycles. The molecule has 2 N–H and O–H groups in total. The van der Waals surface area contributed by atoms with Gasteiger partial charge in [0.25, 0.3) is 0 Å². The molecule has 0 atom stereocenters. The van der Waals surface area contributed by atoms with Crippen molar-refractivity contribution in [2.75, 3.05) is 32.7 Å². The van der Waals surface area contributed by atoms with Crippen LogP contribution in [-0.4, -0.2) is 65.7 Å². The molecule has 6 heteroatoms. The summed E-state index contributed by atoms with van der Waals surface area (Å²) in [7, 11) is 0. The summed E-state index contributed by atoms with van der Waals surface area (Å²) < 4.78 is 0. The quantitative estimate of drug-likeness (QED) is 0.726. The van der Waals surface area contributed by atoms with E-state index in [0.717, 1.165) is 32.4 Å². The number of hydrogen-bond acceptors (Lipinski definition) is 3. The fourth-order valence-corrected chi connectivity index (χ4v) is 2.10. The molecular weight excluding hydrogens is 222 g/mol. The monoisotopic (exact) mass is 241 g/mol. The van der Waals surface area contributed by atoms with Crippen molar-refractivity contribution >= 4 is 12.0 Å². The average Bonchev–Trinajstić information content (AvgIpc) is 3.10. The number of carboxylic acid groups (broad SMARTS) is 1. The Morgan fingerprint density at radius 3 is 2.71 bits per heavy atom. The van der Waals surface area contributed by atoms with Gasteiger partial charge in [0.15, 0.2) is 0 Å². The molecular formula is C11H19N3O3. The summed E-state index contributed by atoms with van der Waals surface area (Å²) in [6.45, 7) is 2.92. The molecule has 17 heavy (non-hydrogen) atoms. The van der Waals surface area contributed by atoms with E-state index in [1.807, 2.05) is 0 Å². The first-order valence-corrected chi connectivity index (χ1v) is 6.16. The van der Waals surface area contributed by atoms with Crippen LogP contribution in [0.25, 0.3) is 0 Å². The highest BCUT2D eigenvalue weighted by Crippen LogP contribution is 2.27. The van der Waals surface area contributed by atoms with Crippen LogP contribution >= 0.6 is 0 Å². The molecule has 0 aromatic heterocycles. The van der Waals surface area contributed by atoms with Crippen molar-refractivity contribution in [3.05, 3.63) is 0 Å². The highest BCUT2D eigenvalue weighted by Gasteiger charge is 2.36. The first kappa shape index (κ1) is 12.2. The lowest BCUT2D eigenvalue weighted by atomic mass is 10.4. The predicted octanol–water partition coefficient (Wildman–Crippen LogP) is -0.0493. The van der Waals surface area contributed by atoms with E-state index in [1.54, 1.807) is 4.90 Å². The van der Waals surface area contributed by atoms with Crippen LogP contribution < -0.4 is 5.32 Å². The molecule has 0 unspecified atom stereocenters. The Hall–Kier alpha value is -1.30. The molecule has 1 saturated heterocycles. The van der Waals surface area contributed by atoms with Crippen LogP contribution in [0.15, 0.2) is 0 Å². The molecule has 0 radical (unpaired) electrons. The lowest BCUT2D eigenvalue weighted by molar-refractivity contribution is -0.137. The predicted molar refractivity (Wildman–Crippen MR) is 61.8 cm³/mol. The van der Waals surface area contributed by atoms with E-state index in [2.05, 4.69) is 5.32 Å². The number of nitrogens with one attached hydrogen (secondary N) is 1. The van der Waals surface area contributed by atoms with Gasteiger partial charge in [-0.2, -0.15) is 0 Å². The highest BCUT2D eigenvalue weighted by molar-refractivity contribution is 5.80. The van der Waals surface area contributed by atoms with Crippen LogP contribution in [0.2, 0.25) is 0 Å². The molecule has 1 aliphatic heterocycles. The maximum absolute atomic E-state index is 12.2. The van der Waals surface area contributed by atoms with E-state index >= 15 is 0 Å². The number of amides is 2. The van der Waals surface area contributed by atoms with Crippen LogP contribution in [0.5, 0.6) is 0 Å². The molecule has 2 fully saturated rings. The topological polar surface area (TPSA) is 72.9 Å². The van der Waals surface area contributed by atoms with Crippen LogP contribution in [-0.2, 0) is 4.79 Å². The van der Waals surface area contributed by atoms with Crippen LogP contribution in [0.3, 0.4) is 0 Å². The van der Waals surface area contributed by atoms with Crippen molar-refractivity contribution < 1.29 is 14.7 Å². The summed E-state index contributed by atoms with van der Waals surface area (Å²) >= 11 is 0. The Kier molecular flexibility index (Phi) is 3.83. The Bertz CT molecular complexity index is 296. The van der Waals surface area contributed by atoms with Gasteiger partial charge in [0.2, 0.25) is 0 Å². The first-order chi connectivity index (χ1) is 8.18. The van der Waals surface area contributed by atoms with E-state index in [-0.39, 0.29) is 18.6 Å². The molecule has 0 spiro atoms. The van der Waals surface area contributed by atoms with E-state index in [0.29, 0.717) is 13.1 Å². The number of carboxylic acids is 1. The third kappa shape index (κ3) is 3.33. The fourth-order valence-electron chi connectivity index (χ4n) is 2.10. The van der Waals surface area contributed by atoms with Crippen LogP contribution in [0, 0.1) is 0 Å². The molecule has 2 aliphatic rings. The largest absolute Gasteiger partial charge is 0.480 e. The summed E-state index contributed by atoms with van der Waals surface area (Å²) in [5.41, 5.74) is 0. The zero-order valence-electron chi connectivity index (χ0n) is 9.89. The van der Waals surface area contributed by atoms with Gasteiger partial charge in [0.1, 0.15) is 6.54 Å².